The largest absolute Gasteiger partial charge is 0.346 e. The Hall–Kier alpha value is -2.25. The van der Waals surface area contributed by atoms with Gasteiger partial charge in [0.15, 0.2) is 5.82 Å². The molecule has 1 atom stereocenters. The summed E-state index contributed by atoms with van der Waals surface area (Å²) in [5, 5.41) is 12.1. The molecule has 1 fully saturated rings. The molecule has 0 radical (unpaired) electrons. The molecule has 168 valence electrons. The second-order valence-electron chi connectivity index (χ2n) is 9.46. The van der Waals surface area contributed by atoms with Gasteiger partial charge in [0.05, 0.1) is 6.04 Å². The molecule has 0 spiro atoms. The number of rotatable bonds is 5. The van der Waals surface area contributed by atoms with E-state index < -0.39 is 0 Å². The van der Waals surface area contributed by atoms with E-state index in [1.807, 2.05) is 6.92 Å². The van der Waals surface area contributed by atoms with Crippen LogP contribution in [0.2, 0.25) is 0 Å². The van der Waals surface area contributed by atoms with Gasteiger partial charge in [-0.15, -0.1) is 10.2 Å². The third-order valence-electron chi connectivity index (χ3n) is 6.67. The molecule has 0 aliphatic carbocycles. The number of aryl methyl sites for hydroxylation is 2. The standard InChI is InChI=1S/C24H36N6O/c1-17-13-18(2)15-20(14-17)16-29-10-7-22-26-27-23(30(22)12-11-29)19(3)25-24(31)21-5-8-28(4)9-6-21/h13-15,19,21H,5-12,16H2,1-4H3,(H,25,31). The molecule has 1 N–H and O–H groups in total. The average Bonchev–Trinajstić information content (AvgIpc) is 3.02. The van der Waals surface area contributed by atoms with E-state index in [1.165, 1.54) is 16.7 Å². The minimum Gasteiger partial charge on any atom is -0.346 e. The second kappa shape index (κ2) is 9.49. The molecule has 2 aliphatic heterocycles. The summed E-state index contributed by atoms with van der Waals surface area (Å²) in [4.78, 5) is 17.5. The highest BCUT2D eigenvalue weighted by Gasteiger charge is 2.27. The molecule has 4 rings (SSSR count). The van der Waals surface area contributed by atoms with Crippen molar-refractivity contribution >= 4 is 5.91 Å². The van der Waals surface area contributed by atoms with Gasteiger partial charge in [-0.05, 0) is 59.3 Å². The topological polar surface area (TPSA) is 66.3 Å². The summed E-state index contributed by atoms with van der Waals surface area (Å²) >= 11 is 0. The Balaban J connectivity index is 1.37. The summed E-state index contributed by atoms with van der Waals surface area (Å²) < 4.78 is 2.22. The number of amides is 1. The van der Waals surface area contributed by atoms with Gasteiger partial charge in [0.25, 0.3) is 0 Å². The Morgan fingerprint density at radius 1 is 1.06 bits per heavy atom. The Morgan fingerprint density at radius 2 is 1.77 bits per heavy atom. The molecule has 3 heterocycles. The molecule has 1 aromatic heterocycles. The van der Waals surface area contributed by atoms with Crippen molar-refractivity contribution in [3.8, 4) is 0 Å². The Bertz CT molecular complexity index is 895. The summed E-state index contributed by atoms with van der Waals surface area (Å²) in [6, 6.07) is 6.66. The highest BCUT2D eigenvalue weighted by Crippen LogP contribution is 2.20. The first-order valence-electron chi connectivity index (χ1n) is 11.6. The lowest BCUT2D eigenvalue weighted by molar-refractivity contribution is -0.127. The molecule has 0 saturated carbocycles. The van der Waals surface area contributed by atoms with Gasteiger partial charge < -0.3 is 14.8 Å². The van der Waals surface area contributed by atoms with Crippen LogP contribution in [0, 0.1) is 19.8 Å². The first-order chi connectivity index (χ1) is 14.9. The van der Waals surface area contributed by atoms with Crippen molar-refractivity contribution in [3.63, 3.8) is 0 Å². The molecule has 0 bridgehead atoms. The number of likely N-dealkylation sites (tertiary alicyclic amines) is 1. The van der Waals surface area contributed by atoms with Gasteiger partial charge >= 0.3 is 0 Å². The van der Waals surface area contributed by atoms with Crippen LogP contribution in [-0.2, 0) is 24.3 Å². The molecule has 1 unspecified atom stereocenters. The van der Waals surface area contributed by atoms with Crippen molar-refractivity contribution < 1.29 is 4.79 Å². The van der Waals surface area contributed by atoms with Gasteiger partial charge in [0.1, 0.15) is 5.82 Å². The van der Waals surface area contributed by atoms with E-state index in [-0.39, 0.29) is 17.9 Å². The molecule has 7 heteroatoms. The van der Waals surface area contributed by atoms with Crippen LogP contribution >= 0.6 is 0 Å². The maximum Gasteiger partial charge on any atom is 0.223 e. The first kappa shape index (κ1) is 22.0. The molecule has 31 heavy (non-hydrogen) atoms. The van der Waals surface area contributed by atoms with Crippen molar-refractivity contribution in [1.82, 2.24) is 29.9 Å². The van der Waals surface area contributed by atoms with Crippen LogP contribution in [0.4, 0.5) is 0 Å². The van der Waals surface area contributed by atoms with Crippen molar-refractivity contribution in [1.29, 1.82) is 0 Å². The predicted molar refractivity (Wildman–Crippen MR) is 122 cm³/mol. The SMILES string of the molecule is Cc1cc(C)cc(CN2CCc3nnc(C(C)NC(=O)C4CCN(C)CC4)n3CC2)c1. The van der Waals surface area contributed by atoms with Crippen LogP contribution in [0.15, 0.2) is 18.2 Å². The first-order valence-corrected chi connectivity index (χ1v) is 11.6. The monoisotopic (exact) mass is 424 g/mol. The number of hydrogen-bond acceptors (Lipinski definition) is 5. The quantitative estimate of drug-likeness (QED) is 0.799. The van der Waals surface area contributed by atoms with Gasteiger partial charge in [0.2, 0.25) is 5.91 Å². The van der Waals surface area contributed by atoms with Crippen LogP contribution in [0.1, 0.15) is 54.1 Å². The zero-order chi connectivity index (χ0) is 22.0. The molecular weight excluding hydrogens is 388 g/mol. The Labute approximate surface area is 185 Å². The number of nitrogens with zero attached hydrogens (tertiary/aromatic N) is 5. The normalized spacial score (nSPS) is 19.6. The molecule has 2 aliphatic rings. The number of hydrogen-bond donors (Lipinski definition) is 1. The smallest absolute Gasteiger partial charge is 0.223 e. The fourth-order valence-corrected chi connectivity index (χ4v) is 4.95. The van der Waals surface area contributed by atoms with E-state index in [4.69, 9.17) is 0 Å². The number of carbonyl (C=O) groups excluding carboxylic acids is 1. The van der Waals surface area contributed by atoms with Crippen LogP contribution in [0.3, 0.4) is 0 Å². The number of fused-ring (bicyclic) bond motifs is 1. The van der Waals surface area contributed by atoms with Gasteiger partial charge in [0, 0.05) is 38.5 Å². The third-order valence-corrected chi connectivity index (χ3v) is 6.67. The van der Waals surface area contributed by atoms with Gasteiger partial charge in [-0.2, -0.15) is 0 Å². The average molecular weight is 425 g/mol. The molecule has 7 nitrogen and oxygen atoms in total. The minimum absolute atomic E-state index is 0.110. The Morgan fingerprint density at radius 3 is 2.48 bits per heavy atom. The minimum atomic E-state index is -0.126. The van der Waals surface area contributed by atoms with E-state index in [9.17, 15) is 4.79 Å². The maximum atomic E-state index is 12.8. The number of piperidine rings is 1. The Kier molecular flexibility index (Phi) is 6.72. The molecule has 2 aromatic rings. The van der Waals surface area contributed by atoms with E-state index in [0.29, 0.717) is 0 Å². The van der Waals surface area contributed by atoms with Crippen LogP contribution in [0.25, 0.3) is 0 Å². The zero-order valence-corrected chi connectivity index (χ0v) is 19.4. The van der Waals surface area contributed by atoms with Gasteiger partial charge in [-0.3, -0.25) is 9.69 Å². The molecule has 1 aromatic carbocycles. The van der Waals surface area contributed by atoms with Gasteiger partial charge in [-0.1, -0.05) is 29.3 Å². The number of benzene rings is 1. The maximum absolute atomic E-state index is 12.8. The van der Waals surface area contributed by atoms with E-state index in [2.05, 4.69) is 69.0 Å². The second-order valence-corrected chi connectivity index (χ2v) is 9.46. The zero-order valence-electron chi connectivity index (χ0n) is 19.4. The van der Waals surface area contributed by atoms with Crippen molar-refractivity contribution in [2.45, 2.75) is 59.2 Å². The van der Waals surface area contributed by atoms with Crippen LogP contribution < -0.4 is 5.32 Å². The lowest BCUT2D eigenvalue weighted by Gasteiger charge is -2.29. The number of aromatic nitrogens is 3. The van der Waals surface area contributed by atoms with E-state index in [1.54, 1.807) is 0 Å². The number of nitrogens with one attached hydrogen (secondary N) is 1. The van der Waals surface area contributed by atoms with E-state index in [0.717, 1.165) is 70.2 Å². The fourth-order valence-electron chi connectivity index (χ4n) is 4.95. The van der Waals surface area contributed by atoms with Crippen molar-refractivity contribution in [2.24, 2.45) is 5.92 Å². The predicted octanol–water partition coefficient (Wildman–Crippen LogP) is 2.47. The third kappa shape index (κ3) is 5.33. The summed E-state index contributed by atoms with van der Waals surface area (Å²) in [5.41, 5.74) is 4.01. The molecular formula is C24H36N6O. The van der Waals surface area contributed by atoms with E-state index >= 15 is 0 Å². The molecule has 1 saturated heterocycles. The fraction of sp³-hybridized carbons (Fsp3) is 0.625. The molecule has 1 amide bonds. The summed E-state index contributed by atoms with van der Waals surface area (Å²) in [5.74, 6) is 2.17. The number of carbonyl (C=O) groups is 1. The lowest BCUT2D eigenvalue weighted by atomic mass is 9.96. The summed E-state index contributed by atoms with van der Waals surface area (Å²) in [6.07, 6.45) is 2.74. The van der Waals surface area contributed by atoms with Crippen molar-refractivity contribution in [2.75, 3.05) is 33.2 Å². The van der Waals surface area contributed by atoms with Crippen molar-refractivity contribution in [3.05, 3.63) is 46.5 Å². The lowest BCUT2D eigenvalue weighted by Crippen LogP contribution is -2.40. The highest BCUT2D eigenvalue weighted by molar-refractivity contribution is 5.79. The summed E-state index contributed by atoms with van der Waals surface area (Å²) in [7, 11) is 2.12. The highest BCUT2D eigenvalue weighted by atomic mass is 16.2. The van der Waals surface area contributed by atoms with Crippen LogP contribution in [-0.4, -0.2) is 63.7 Å². The van der Waals surface area contributed by atoms with Crippen LogP contribution in [0.5, 0.6) is 0 Å². The summed E-state index contributed by atoms with van der Waals surface area (Å²) in [6.45, 7) is 12.1. The van der Waals surface area contributed by atoms with Gasteiger partial charge in [-0.25, -0.2) is 0 Å².